The van der Waals surface area contributed by atoms with Gasteiger partial charge < -0.3 is 24.8 Å². The lowest BCUT2D eigenvalue weighted by Gasteiger charge is -2.23. The Balaban J connectivity index is 1.94. The van der Waals surface area contributed by atoms with E-state index in [2.05, 4.69) is 13.0 Å². The van der Waals surface area contributed by atoms with E-state index in [-0.39, 0.29) is 13.2 Å². The quantitative estimate of drug-likeness (QED) is 0.286. The number of allylic oxidation sites excluding steroid dienone is 1. The minimum absolute atomic E-state index is 0.0836. The molecular weight excluding hydrogens is 332 g/mol. The van der Waals surface area contributed by atoms with Gasteiger partial charge in [-0.15, -0.1) is 0 Å². The molecule has 3 N–H and O–H groups in total. The lowest BCUT2D eigenvalue weighted by molar-refractivity contribution is -0.0942. The third-order valence-corrected chi connectivity index (χ3v) is 5.03. The maximum absolute atomic E-state index is 9.79. The Morgan fingerprint density at radius 2 is 1.58 bits per heavy atom. The van der Waals surface area contributed by atoms with Gasteiger partial charge in [-0.2, -0.15) is 0 Å². The number of hydrogen-bond acceptors (Lipinski definition) is 5. The lowest BCUT2D eigenvalue weighted by Crippen LogP contribution is -2.42. The topological polar surface area (TPSA) is 79.2 Å². The van der Waals surface area contributed by atoms with Gasteiger partial charge in [0.25, 0.3) is 0 Å². The van der Waals surface area contributed by atoms with E-state index < -0.39 is 24.4 Å². The van der Waals surface area contributed by atoms with Gasteiger partial charge in [-0.05, 0) is 12.8 Å². The van der Waals surface area contributed by atoms with Gasteiger partial charge in [-0.1, -0.05) is 76.9 Å². The van der Waals surface area contributed by atoms with E-state index in [4.69, 9.17) is 9.47 Å². The standard InChI is InChI=1S/C21H40O5/c1-2-3-4-5-6-7-8-9-10-11-12-13-14-15-25-19(16-22)21-20(24)18(23)17-26-21/h13-14,18-24H,2-12,15-17H2,1H3/b14-13+/t18-,19+,20-,21-/m0/s1. The van der Waals surface area contributed by atoms with Crippen molar-refractivity contribution in [1.82, 2.24) is 0 Å². The Hall–Kier alpha value is -0.460. The maximum Gasteiger partial charge on any atom is 0.114 e. The van der Waals surface area contributed by atoms with E-state index in [1.165, 1.54) is 64.2 Å². The highest BCUT2D eigenvalue weighted by atomic mass is 16.6. The van der Waals surface area contributed by atoms with Crippen molar-refractivity contribution in [2.45, 2.75) is 102 Å². The smallest absolute Gasteiger partial charge is 0.114 e. The lowest BCUT2D eigenvalue weighted by atomic mass is 10.1. The Morgan fingerprint density at radius 3 is 2.12 bits per heavy atom. The summed E-state index contributed by atoms with van der Waals surface area (Å²) in [6, 6.07) is 0. The third-order valence-electron chi connectivity index (χ3n) is 5.03. The molecule has 1 fully saturated rings. The second-order valence-electron chi connectivity index (χ2n) is 7.35. The summed E-state index contributed by atoms with van der Waals surface area (Å²) in [4.78, 5) is 0. The van der Waals surface area contributed by atoms with E-state index in [1.54, 1.807) is 0 Å². The van der Waals surface area contributed by atoms with E-state index >= 15 is 0 Å². The highest BCUT2D eigenvalue weighted by Gasteiger charge is 2.40. The van der Waals surface area contributed by atoms with Gasteiger partial charge in [0.1, 0.15) is 24.4 Å². The molecule has 0 bridgehead atoms. The fourth-order valence-corrected chi connectivity index (χ4v) is 3.32. The van der Waals surface area contributed by atoms with Crippen LogP contribution in [0.4, 0.5) is 0 Å². The van der Waals surface area contributed by atoms with Gasteiger partial charge in [0.2, 0.25) is 0 Å². The van der Waals surface area contributed by atoms with Crippen molar-refractivity contribution in [2.24, 2.45) is 0 Å². The zero-order valence-electron chi connectivity index (χ0n) is 16.5. The molecule has 0 aromatic heterocycles. The molecule has 5 nitrogen and oxygen atoms in total. The van der Waals surface area contributed by atoms with Crippen LogP contribution in [-0.2, 0) is 9.47 Å². The van der Waals surface area contributed by atoms with Gasteiger partial charge in [-0.3, -0.25) is 0 Å². The fourth-order valence-electron chi connectivity index (χ4n) is 3.32. The number of rotatable bonds is 16. The van der Waals surface area contributed by atoms with E-state index in [9.17, 15) is 15.3 Å². The van der Waals surface area contributed by atoms with E-state index in [0.29, 0.717) is 6.61 Å². The van der Waals surface area contributed by atoms with Crippen LogP contribution >= 0.6 is 0 Å². The molecule has 5 heteroatoms. The molecule has 0 unspecified atom stereocenters. The van der Waals surface area contributed by atoms with Crippen molar-refractivity contribution < 1.29 is 24.8 Å². The maximum atomic E-state index is 9.79. The Bertz CT molecular complexity index is 347. The molecule has 0 spiro atoms. The van der Waals surface area contributed by atoms with Crippen molar-refractivity contribution in [1.29, 1.82) is 0 Å². The first kappa shape index (κ1) is 23.6. The van der Waals surface area contributed by atoms with Crippen LogP contribution in [0.15, 0.2) is 12.2 Å². The van der Waals surface area contributed by atoms with Crippen LogP contribution in [0, 0.1) is 0 Å². The summed E-state index contributed by atoms with van der Waals surface area (Å²) in [6.45, 7) is 2.48. The number of hydrogen-bond donors (Lipinski definition) is 3. The highest BCUT2D eigenvalue weighted by molar-refractivity contribution is 4.89. The van der Waals surface area contributed by atoms with Crippen LogP contribution in [0.1, 0.15) is 77.6 Å². The van der Waals surface area contributed by atoms with Crippen molar-refractivity contribution >= 4 is 0 Å². The molecule has 0 saturated carbocycles. The number of aliphatic hydroxyl groups is 3. The predicted molar refractivity (Wildman–Crippen MR) is 104 cm³/mol. The van der Waals surface area contributed by atoms with Crippen LogP contribution in [-0.4, -0.2) is 59.6 Å². The minimum atomic E-state index is -0.997. The molecule has 1 rings (SSSR count). The summed E-state index contributed by atoms with van der Waals surface area (Å²) >= 11 is 0. The summed E-state index contributed by atoms with van der Waals surface area (Å²) in [5.74, 6) is 0. The van der Waals surface area contributed by atoms with Crippen LogP contribution in [0.25, 0.3) is 0 Å². The first-order valence-electron chi connectivity index (χ1n) is 10.6. The van der Waals surface area contributed by atoms with Gasteiger partial charge >= 0.3 is 0 Å². The molecular formula is C21H40O5. The normalized spacial score (nSPS) is 24.5. The van der Waals surface area contributed by atoms with Gasteiger partial charge in [0.15, 0.2) is 0 Å². The minimum Gasteiger partial charge on any atom is -0.394 e. The molecule has 1 aliphatic rings. The van der Waals surface area contributed by atoms with Crippen LogP contribution in [0.3, 0.4) is 0 Å². The summed E-state index contributed by atoms with van der Waals surface area (Å²) in [6.07, 6.45) is 15.4. The van der Waals surface area contributed by atoms with E-state index in [0.717, 1.165) is 6.42 Å². The van der Waals surface area contributed by atoms with Crippen molar-refractivity contribution in [3.63, 3.8) is 0 Å². The van der Waals surface area contributed by atoms with Gasteiger partial charge in [0, 0.05) is 0 Å². The number of unbranched alkanes of at least 4 members (excludes halogenated alkanes) is 10. The molecule has 0 aromatic rings. The molecule has 0 radical (unpaired) electrons. The Labute approximate surface area is 159 Å². The molecule has 1 heterocycles. The molecule has 26 heavy (non-hydrogen) atoms. The largest absolute Gasteiger partial charge is 0.394 e. The summed E-state index contributed by atoms with van der Waals surface area (Å²) in [7, 11) is 0. The third kappa shape index (κ3) is 10.0. The zero-order valence-corrected chi connectivity index (χ0v) is 16.5. The molecule has 4 atom stereocenters. The summed E-state index contributed by atoms with van der Waals surface area (Å²) in [5.41, 5.74) is 0. The SMILES string of the molecule is CCCCCCCCCCCC/C=C/CO[C@H](CO)[C@@H]1OC[C@H](O)[C@@H]1O. The molecule has 0 amide bonds. The predicted octanol–water partition coefficient (Wildman–Crippen LogP) is 3.35. The van der Waals surface area contributed by atoms with Crippen LogP contribution < -0.4 is 0 Å². The molecule has 154 valence electrons. The average Bonchev–Trinajstić information content (AvgIpc) is 2.98. The second-order valence-corrected chi connectivity index (χ2v) is 7.35. The number of aliphatic hydroxyl groups excluding tert-OH is 3. The van der Waals surface area contributed by atoms with Crippen molar-refractivity contribution in [3.05, 3.63) is 12.2 Å². The summed E-state index contributed by atoms with van der Waals surface area (Å²) in [5, 5.41) is 28.6. The Morgan fingerprint density at radius 1 is 0.962 bits per heavy atom. The second kappa shape index (κ2) is 15.6. The Kier molecular flexibility index (Phi) is 14.1. The van der Waals surface area contributed by atoms with Crippen molar-refractivity contribution in [3.8, 4) is 0 Å². The molecule has 1 aliphatic heterocycles. The van der Waals surface area contributed by atoms with Gasteiger partial charge in [-0.25, -0.2) is 0 Å². The fraction of sp³-hybridized carbons (Fsp3) is 0.905. The molecule has 0 aromatic carbocycles. The van der Waals surface area contributed by atoms with Crippen molar-refractivity contribution in [2.75, 3.05) is 19.8 Å². The molecule has 0 aliphatic carbocycles. The van der Waals surface area contributed by atoms with Crippen LogP contribution in [0.2, 0.25) is 0 Å². The van der Waals surface area contributed by atoms with E-state index in [1.807, 2.05) is 6.08 Å². The highest BCUT2D eigenvalue weighted by Crippen LogP contribution is 2.19. The van der Waals surface area contributed by atoms with Crippen LogP contribution in [0.5, 0.6) is 0 Å². The van der Waals surface area contributed by atoms with Gasteiger partial charge in [0.05, 0.1) is 19.8 Å². The summed E-state index contributed by atoms with van der Waals surface area (Å²) < 4.78 is 10.9. The average molecular weight is 373 g/mol. The molecule has 1 saturated heterocycles. The zero-order chi connectivity index (χ0) is 19.0. The first-order valence-corrected chi connectivity index (χ1v) is 10.6. The monoisotopic (exact) mass is 372 g/mol. The number of ether oxygens (including phenoxy) is 2. The first-order chi connectivity index (χ1) is 12.7.